The third-order valence-electron chi connectivity index (χ3n) is 4.21. The SMILES string of the molecule is Cc1cc(Cl)ccc1OCCN1CCN(C(=O)CCS(C)(=O)=O)CC1. The molecule has 1 heterocycles. The van der Waals surface area contributed by atoms with E-state index >= 15 is 0 Å². The summed E-state index contributed by atoms with van der Waals surface area (Å²) >= 11 is 5.93. The number of benzene rings is 1. The molecule has 0 atom stereocenters. The van der Waals surface area contributed by atoms with Crippen molar-refractivity contribution in [2.24, 2.45) is 0 Å². The van der Waals surface area contributed by atoms with Gasteiger partial charge >= 0.3 is 0 Å². The average molecular weight is 389 g/mol. The Kier molecular flexibility index (Phi) is 7.10. The molecule has 0 aliphatic carbocycles. The smallest absolute Gasteiger partial charge is 0.223 e. The van der Waals surface area contributed by atoms with Gasteiger partial charge in [0.2, 0.25) is 5.91 Å². The fourth-order valence-electron chi connectivity index (χ4n) is 2.71. The zero-order chi connectivity index (χ0) is 18.4. The van der Waals surface area contributed by atoms with Crippen LogP contribution in [0.4, 0.5) is 0 Å². The van der Waals surface area contributed by atoms with E-state index in [9.17, 15) is 13.2 Å². The topological polar surface area (TPSA) is 66.9 Å². The Bertz CT molecular complexity index is 701. The van der Waals surface area contributed by atoms with Gasteiger partial charge < -0.3 is 9.64 Å². The first kappa shape index (κ1) is 20.0. The van der Waals surface area contributed by atoms with E-state index in [0.29, 0.717) is 24.7 Å². The molecule has 0 aromatic heterocycles. The zero-order valence-electron chi connectivity index (χ0n) is 14.7. The van der Waals surface area contributed by atoms with Gasteiger partial charge in [0.15, 0.2) is 0 Å². The molecule has 8 heteroatoms. The van der Waals surface area contributed by atoms with E-state index in [-0.39, 0.29) is 18.1 Å². The molecule has 6 nitrogen and oxygen atoms in total. The first-order valence-corrected chi connectivity index (χ1v) is 10.8. The predicted octanol–water partition coefficient (Wildman–Crippen LogP) is 1.61. The summed E-state index contributed by atoms with van der Waals surface area (Å²) in [5, 5.41) is 0.696. The second-order valence-corrected chi connectivity index (χ2v) is 9.06. The zero-order valence-corrected chi connectivity index (χ0v) is 16.3. The highest BCUT2D eigenvalue weighted by molar-refractivity contribution is 7.90. The summed E-state index contributed by atoms with van der Waals surface area (Å²) in [5.41, 5.74) is 1.01. The lowest BCUT2D eigenvalue weighted by Gasteiger charge is -2.34. The first-order valence-electron chi connectivity index (χ1n) is 8.31. The lowest BCUT2D eigenvalue weighted by molar-refractivity contribution is -0.132. The molecular weight excluding hydrogens is 364 g/mol. The maximum Gasteiger partial charge on any atom is 0.223 e. The minimum atomic E-state index is -3.10. The van der Waals surface area contributed by atoms with Gasteiger partial charge in [0.05, 0.1) is 5.75 Å². The molecule has 1 fully saturated rings. The van der Waals surface area contributed by atoms with Crippen LogP contribution in [-0.4, -0.2) is 75.5 Å². The normalized spacial score (nSPS) is 16.0. The molecular formula is C17H25ClN2O4S. The van der Waals surface area contributed by atoms with Gasteiger partial charge in [0.1, 0.15) is 22.2 Å². The molecule has 2 rings (SSSR count). The molecule has 1 amide bonds. The molecule has 1 aromatic rings. The molecule has 0 bridgehead atoms. The molecule has 1 saturated heterocycles. The van der Waals surface area contributed by atoms with Crippen LogP contribution in [0.1, 0.15) is 12.0 Å². The third-order valence-corrected chi connectivity index (χ3v) is 5.39. The van der Waals surface area contributed by atoms with Crippen molar-refractivity contribution in [1.82, 2.24) is 9.80 Å². The number of carbonyl (C=O) groups is 1. The maximum absolute atomic E-state index is 12.0. The van der Waals surface area contributed by atoms with Gasteiger partial charge in [-0.25, -0.2) is 8.42 Å². The number of rotatable bonds is 7. The highest BCUT2D eigenvalue weighted by Crippen LogP contribution is 2.21. The largest absolute Gasteiger partial charge is 0.492 e. The quantitative estimate of drug-likeness (QED) is 0.709. The van der Waals surface area contributed by atoms with Gasteiger partial charge in [-0.3, -0.25) is 9.69 Å². The number of nitrogens with zero attached hydrogens (tertiary/aromatic N) is 2. The number of carbonyl (C=O) groups excluding carboxylic acids is 1. The van der Waals surface area contributed by atoms with Crippen LogP contribution in [0.3, 0.4) is 0 Å². The van der Waals surface area contributed by atoms with E-state index in [4.69, 9.17) is 16.3 Å². The van der Waals surface area contributed by atoms with Crippen molar-refractivity contribution < 1.29 is 17.9 Å². The fraction of sp³-hybridized carbons (Fsp3) is 0.588. The molecule has 1 aromatic carbocycles. The molecule has 0 radical (unpaired) electrons. The van der Waals surface area contributed by atoms with Gasteiger partial charge in [-0.05, 0) is 30.7 Å². The average Bonchev–Trinajstić information content (AvgIpc) is 2.54. The van der Waals surface area contributed by atoms with Crippen LogP contribution in [0, 0.1) is 6.92 Å². The highest BCUT2D eigenvalue weighted by atomic mass is 35.5. The van der Waals surface area contributed by atoms with Crippen LogP contribution in [-0.2, 0) is 14.6 Å². The summed E-state index contributed by atoms with van der Waals surface area (Å²) in [6, 6.07) is 5.55. The lowest BCUT2D eigenvalue weighted by Crippen LogP contribution is -2.49. The van der Waals surface area contributed by atoms with Crippen molar-refractivity contribution in [2.75, 3.05) is 51.3 Å². The van der Waals surface area contributed by atoms with Gasteiger partial charge in [-0.15, -0.1) is 0 Å². The lowest BCUT2D eigenvalue weighted by atomic mass is 10.2. The first-order chi connectivity index (χ1) is 11.7. The number of hydrogen-bond donors (Lipinski definition) is 0. The summed E-state index contributed by atoms with van der Waals surface area (Å²) in [6.07, 6.45) is 1.22. The van der Waals surface area contributed by atoms with Crippen molar-refractivity contribution in [3.8, 4) is 5.75 Å². The molecule has 25 heavy (non-hydrogen) atoms. The predicted molar refractivity (Wildman–Crippen MR) is 99.0 cm³/mol. The Balaban J connectivity index is 1.69. The Morgan fingerprint density at radius 3 is 2.52 bits per heavy atom. The Morgan fingerprint density at radius 1 is 1.24 bits per heavy atom. The Labute approximate surface area is 154 Å². The number of amides is 1. The molecule has 0 unspecified atom stereocenters. The van der Waals surface area contributed by atoms with Crippen LogP contribution in [0.2, 0.25) is 5.02 Å². The third kappa shape index (κ3) is 6.84. The van der Waals surface area contributed by atoms with Crippen molar-refractivity contribution in [1.29, 1.82) is 0 Å². The van der Waals surface area contributed by atoms with Crippen molar-refractivity contribution in [3.63, 3.8) is 0 Å². The van der Waals surface area contributed by atoms with Crippen LogP contribution >= 0.6 is 11.6 Å². The summed E-state index contributed by atoms with van der Waals surface area (Å²) in [6.45, 7) is 6.12. The van der Waals surface area contributed by atoms with Crippen LogP contribution < -0.4 is 4.74 Å². The number of aryl methyl sites for hydroxylation is 1. The standard InChI is InChI=1S/C17H25ClN2O4S/c1-14-13-15(18)3-4-16(14)24-11-10-19-6-8-20(9-7-19)17(21)5-12-25(2,22)23/h3-4,13H,5-12H2,1-2H3. The fourth-order valence-corrected chi connectivity index (χ4v) is 3.48. The van der Waals surface area contributed by atoms with Crippen LogP contribution in [0.5, 0.6) is 5.75 Å². The van der Waals surface area contributed by atoms with E-state index in [1.165, 1.54) is 0 Å². The number of piperazine rings is 1. The van der Waals surface area contributed by atoms with Crippen LogP contribution in [0.25, 0.3) is 0 Å². The monoisotopic (exact) mass is 388 g/mol. The molecule has 1 aliphatic heterocycles. The summed E-state index contributed by atoms with van der Waals surface area (Å²) in [4.78, 5) is 16.0. The highest BCUT2D eigenvalue weighted by Gasteiger charge is 2.21. The van der Waals surface area contributed by atoms with E-state index in [1.807, 2.05) is 25.1 Å². The molecule has 0 spiro atoms. The number of halogens is 1. The van der Waals surface area contributed by atoms with Gasteiger partial charge in [0.25, 0.3) is 0 Å². The minimum Gasteiger partial charge on any atom is -0.492 e. The van der Waals surface area contributed by atoms with Gasteiger partial charge in [-0.1, -0.05) is 11.6 Å². The van der Waals surface area contributed by atoms with Crippen molar-refractivity contribution in [2.45, 2.75) is 13.3 Å². The molecule has 0 N–H and O–H groups in total. The summed E-state index contributed by atoms with van der Waals surface area (Å²) in [7, 11) is -3.10. The Hall–Kier alpha value is -1.31. The maximum atomic E-state index is 12.0. The second kappa shape index (κ2) is 8.87. The molecule has 140 valence electrons. The van der Waals surface area contributed by atoms with E-state index in [1.54, 1.807) is 4.90 Å². The molecule has 1 aliphatic rings. The second-order valence-electron chi connectivity index (χ2n) is 6.36. The van der Waals surface area contributed by atoms with Crippen molar-refractivity contribution in [3.05, 3.63) is 28.8 Å². The number of ether oxygens (including phenoxy) is 1. The minimum absolute atomic E-state index is 0.0673. The Morgan fingerprint density at radius 2 is 1.92 bits per heavy atom. The van der Waals surface area contributed by atoms with Crippen molar-refractivity contribution >= 4 is 27.3 Å². The number of sulfone groups is 1. The van der Waals surface area contributed by atoms with Gasteiger partial charge in [-0.2, -0.15) is 0 Å². The summed E-state index contributed by atoms with van der Waals surface area (Å²) < 4.78 is 28.1. The van der Waals surface area contributed by atoms with Crippen LogP contribution in [0.15, 0.2) is 18.2 Å². The van der Waals surface area contributed by atoms with E-state index < -0.39 is 9.84 Å². The van der Waals surface area contributed by atoms with E-state index in [0.717, 1.165) is 37.2 Å². The number of hydrogen-bond acceptors (Lipinski definition) is 5. The summed E-state index contributed by atoms with van der Waals surface area (Å²) in [5.74, 6) is 0.664. The van der Waals surface area contributed by atoms with E-state index in [2.05, 4.69) is 4.90 Å². The van der Waals surface area contributed by atoms with Gasteiger partial charge in [0, 0.05) is 50.4 Å². The molecule has 0 saturated carbocycles.